The van der Waals surface area contributed by atoms with Gasteiger partial charge in [-0.3, -0.25) is 0 Å². The minimum Gasteiger partial charge on any atom is -0.507 e. The lowest BCUT2D eigenvalue weighted by Crippen LogP contribution is -2.66. The molecule has 4 heterocycles. The Balaban J connectivity index is 1.42. The van der Waals surface area contributed by atoms with Crippen LogP contribution in [0.2, 0.25) is 0 Å². The highest BCUT2D eigenvalue weighted by atomic mass is 19.2. The van der Waals surface area contributed by atoms with E-state index in [2.05, 4.69) is 44.2 Å². The number of piperidine rings is 2. The third-order valence-corrected chi connectivity index (χ3v) is 7.56. The SMILES string of the molecule is COc1cc(-c2cc(O)c(-c3ccc(N(C)[C@H]4C[C@]5(C)CCC[C@](C)(C4)N5)nn3)c(F)c2F)ncn1. The maximum Gasteiger partial charge on any atom is 0.216 e. The van der Waals surface area contributed by atoms with E-state index in [0.29, 0.717) is 5.82 Å². The molecule has 2 aromatic heterocycles. The number of nitrogens with one attached hydrogen (secondary N) is 1. The Bertz CT molecular complexity index is 1270. The van der Waals surface area contributed by atoms with Crippen molar-refractivity contribution in [2.75, 3.05) is 19.1 Å². The molecule has 3 aromatic rings. The lowest BCUT2D eigenvalue weighted by atomic mass is 9.69. The fourth-order valence-electron chi connectivity index (χ4n) is 5.89. The number of aromatic nitrogens is 4. The number of anilines is 1. The molecular formula is C26H30F2N6O2. The van der Waals surface area contributed by atoms with Crippen LogP contribution in [-0.2, 0) is 0 Å². The van der Waals surface area contributed by atoms with Gasteiger partial charge < -0.3 is 20.1 Å². The summed E-state index contributed by atoms with van der Waals surface area (Å²) in [6.45, 7) is 4.56. The quantitative estimate of drug-likeness (QED) is 0.534. The van der Waals surface area contributed by atoms with Gasteiger partial charge in [0.05, 0.1) is 24.1 Å². The van der Waals surface area contributed by atoms with Crippen LogP contribution in [0.3, 0.4) is 0 Å². The molecule has 0 radical (unpaired) electrons. The average molecular weight is 497 g/mol. The lowest BCUT2D eigenvalue weighted by molar-refractivity contribution is 0.0784. The Morgan fingerprint density at radius 3 is 2.39 bits per heavy atom. The number of hydrogen-bond donors (Lipinski definition) is 2. The maximum absolute atomic E-state index is 15.1. The number of fused-ring (bicyclic) bond motifs is 2. The second-order valence-electron chi connectivity index (χ2n) is 10.4. The topological polar surface area (TPSA) is 96.3 Å². The third kappa shape index (κ3) is 4.34. The summed E-state index contributed by atoms with van der Waals surface area (Å²) in [5, 5.41) is 22.9. The largest absolute Gasteiger partial charge is 0.507 e. The number of ether oxygens (including phenoxy) is 1. The van der Waals surface area contributed by atoms with E-state index in [1.54, 1.807) is 12.1 Å². The van der Waals surface area contributed by atoms with Crippen LogP contribution in [0.15, 0.2) is 30.6 Å². The molecule has 2 N–H and O–H groups in total. The van der Waals surface area contributed by atoms with Crippen molar-refractivity contribution in [3.8, 4) is 34.1 Å². The molecule has 0 saturated carbocycles. The van der Waals surface area contributed by atoms with Crippen LogP contribution in [0, 0.1) is 11.6 Å². The highest BCUT2D eigenvalue weighted by Crippen LogP contribution is 2.42. The van der Waals surface area contributed by atoms with Gasteiger partial charge in [-0.25, -0.2) is 18.7 Å². The van der Waals surface area contributed by atoms with E-state index in [4.69, 9.17) is 4.74 Å². The molecule has 2 bridgehead atoms. The van der Waals surface area contributed by atoms with E-state index in [0.717, 1.165) is 31.7 Å². The fraction of sp³-hybridized carbons (Fsp3) is 0.462. The second kappa shape index (κ2) is 8.92. The van der Waals surface area contributed by atoms with Crippen molar-refractivity contribution in [1.29, 1.82) is 0 Å². The summed E-state index contributed by atoms with van der Waals surface area (Å²) in [7, 11) is 3.39. The van der Waals surface area contributed by atoms with Crippen molar-refractivity contribution in [1.82, 2.24) is 25.5 Å². The lowest BCUT2D eigenvalue weighted by Gasteiger charge is -2.55. The van der Waals surface area contributed by atoms with Crippen LogP contribution in [0.4, 0.5) is 14.6 Å². The van der Waals surface area contributed by atoms with Crippen LogP contribution in [0.5, 0.6) is 11.6 Å². The van der Waals surface area contributed by atoms with Crippen LogP contribution in [-0.4, -0.2) is 56.5 Å². The summed E-state index contributed by atoms with van der Waals surface area (Å²) in [4.78, 5) is 9.94. The van der Waals surface area contributed by atoms with Crippen molar-refractivity contribution >= 4 is 5.82 Å². The van der Waals surface area contributed by atoms with Crippen molar-refractivity contribution < 1.29 is 18.6 Å². The molecule has 0 unspecified atom stereocenters. The summed E-state index contributed by atoms with van der Waals surface area (Å²) < 4.78 is 35.2. The third-order valence-electron chi connectivity index (χ3n) is 7.56. The molecule has 3 atom stereocenters. The number of hydrogen-bond acceptors (Lipinski definition) is 8. The van der Waals surface area contributed by atoms with E-state index < -0.39 is 17.4 Å². The Hall–Kier alpha value is -3.40. The van der Waals surface area contributed by atoms with E-state index in [1.807, 2.05) is 7.05 Å². The minimum absolute atomic E-state index is 0.0361. The molecule has 0 spiro atoms. The zero-order valence-corrected chi connectivity index (χ0v) is 20.8. The number of rotatable bonds is 5. The molecule has 2 saturated heterocycles. The molecule has 2 aliphatic heterocycles. The summed E-state index contributed by atoms with van der Waals surface area (Å²) in [6.07, 6.45) is 6.64. The van der Waals surface area contributed by atoms with Crippen molar-refractivity contribution in [2.45, 2.75) is 63.1 Å². The first-order chi connectivity index (χ1) is 17.1. The van der Waals surface area contributed by atoms with Crippen LogP contribution in [0.25, 0.3) is 22.5 Å². The maximum atomic E-state index is 15.1. The normalized spacial score (nSPS) is 25.4. The van der Waals surface area contributed by atoms with Crippen LogP contribution >= 0.6 is 0 Å². The van der Waals surface area contributed by atoms with Crippen molar-refractivity contribution in [2.24, 2.45) is 0 Å². The predicted molar refractivity (Wildman–Crippen MR) is 132 cm³/mol. The van der Waals surface area contributed by atoms with Crippen molar-refractivity contribution in [3.63, 3.8) is 0 Å². The molecule has 2 fully saturated rings. The highest BCUT2D eigenvalue weighted by molar-refractivity contribution is 5.74. The molecule has 36 heavy (non-hydrogen) atoms. The number of phenols is 1. The van der Waals surface area contributed by atoms with Gasteiger partial charge in [0, 0.05) is 35.8 Å². The molecule has 190 valence electrons. The van der Waals surface area contributed by atoms with E-state index in [-0.39, 0.29) is 45.5 Å². The van der Waals surface area contributed by atoms with Gasteiger partial charge in [0.2, 0.25) is 5.88 Å². The molecule has 0 aliphatic carbocycles. The highest BCUT2D eigenvalue weighted by Gasteiger charge is 2.46. The van der Waals surface area contributed by atoms with Gasteiger partial charge in [0.15, 0.2) is 17.5 Å². The minimum atomic E-state index is -1.23. The zero-order chi connectivity index (χ0) is 25.7. The van der Waals surface area contributed by atoms with Gasteiger partial charge in [-0.15, -0.1) is 10.2 Å². The van der Waals surface area contributed by atoms with E-state index in [9.17, 15) is 5.11 Å². The molecule has 5 rings (SSSR count). The van der Waals surface area contributed by atoms with Crippen LogP contribution in [0.1, 0.15) is 46.0 Å². The summed E-state index contributed by atoms with van der Waals surface area (Å²) in [5.41, 5.74) is -0.280. The van der Waals surface area contributed by atoms with Gasteiger partial charge in [0.1, 0.15) is 12.1 Å². The zero-order valence-electron chi connectivity index (χ0n) is 20.8. The Kier molecular flexibility index (Phi) is 6.02. The van der Waals surface area contributed by atoms with E-state index >= 15 is 8.78 Å². The number of phenolic OH excluding ortho intramolecular Hbond substituents is 1. The molecular weight excluding hydrogens is 466 g/mol. The summed E-state index contributed by atoms with van der Waals surface area (Å²) >= 11 is 0. The number of methoxy groups -OCH3 is 1. The fourth-order valence-corrected chi connectivity index (χ4v) is 5.89. The first kappa shape index (κ1) is 24.3. The van der Waals surface area contributed by atoms with Gasteiger partial charge >= 0.3 is 0 Å². The van der Waals surface area contributed by atoms with Gasteiger partial charge in [-0.05, 0) is 64.2 Å². The predicted octanol–water partition coefficient (Wildman–Crippen LogP) is 4.48. The first-order valence-electron chi connectivity index (χ1n) is 12.0. The van der Waals surface area contributed by atoms with Crippen LogP contribution < -0.4 is 15.0 Å². The average Bonchev–Trinajstić information content (AvgIpc) is 2.85. The molecule has 2 aliphatic rings. The number of nitrogens with zero attached hydrogens (tertiary/aromatic N) is 5. The number of aromatic hydroxyl groups is 1. The van der Waals surface area contributed by atoms with Gasteiger partial charge in [-0.2, -0.15) is 0 Å². The monoisotopic (exact) mass is 496 g/mol. The van der Waals surface area contributed by atoms with E-state index in [1.165, 1.54) is 25.9 Å². The van der Waals surface area contributed by atoms with Gasteiger partial charge in [-0.1, -0.05) is 0 Å². The van der Waals surface area contributed by atoms with Crippen molar-refractivity contribution in [3.05, 3.63) is 42.2 Å². The Morgan fingerprint density at radius 1 is 1.03 bits per heavy atom. The van der Waals surface area contributed by atoms with Gasteiger partial charge in [0.25, 0.3) is 0 Å². The molecule has 0 amide bonds. The first-order valence-corrected chi connectivity index (χ1v) is 12.0. The molecule has 8 nitrogen and oxygen atoms in total. The summed E-state index contributed by atoms with van der Waals surface area (Å²) in [5.74, 6) is -2.03. The summed E-state index contributed by atoms with van der Waals surface area (Å²) in [6, 6.07) is 6.03. The molecule has 1 aromatic carbocycles. The smallest absolute Gasteiger partial charge is 0.216 e. The Labute approximate surface area is 208 Å². The number of benzene rings is 1. The Morgan fingerprint density at radius 2 is 1.75 bits per heavy atom. The molecule has 10 heteroatoms. The standard InChI is InChI=1S/C26H30F2N6O2/c1-25-8-5-9-26(2,33-25)13-15(12-25)34(3)20-7-6-17(31-32-20)22-19(35)10-16(23(27)24(22)28)18-11-21(36-4)30-14-29-18/h6-7,10-11,14-15,33,35H,5,8-9,12-13H2,1-4H3/t15-,25-,26+. The number of halogens is 2. The second-order valence-corrected chi connectivity index (χ2v) is 10.4.